The van der Waals surface area contributed by atoms with Crippen LogP contribution < -0.4 is 9.74 Å². The standard InChI is InChI=1S/C13H17ClN2O/c14-15-13(17)16(11-7-3-1-4-8-11)12-9-5-2-6-10-12/h1,3-4,7-8,12H,2,5-6,9-10H2,(H,15,17). The predicted molar refractivity (Wildman–Crippen MR) is 70.2 cm³/mol. The van der Waals surface area contributed by atoms with Crippen LogP contribution in [-0.2, 0) is 0 Å². The van der Waals surface area contributed by atoms with E-state index in [1.807, 2.05) is 30.3 Å². The summed E-state index contributed by atoms with van der Waals surface area (Å²) in [5.41, 5.74) is 0.914. The van der Waals surface area contributed by atoms with Gasteiger partial charge in [-0.05, 0) is 25.0 Å². The van der Waals surface area contributed by atoms with Gasteiger partial charge in [0, 0.05) is 23.5 Å². The molecule has 1 aliphatic carbocycles. The summed E-state index contributed by atoms with van der Waals surface area (Å²) in [5, 5.41) is 0. The maximum atomic E-state index is 11.9. The Balaban J connectivity index is 2.21. The molecule has 3 nitrogen and oxygen atoms in total. The van der Waals surface area contributed by atoms with Gasteiger partial charge in [0.15, 0.2) is 0 Å². The second-order valence-electron chi connectivity index (χ2n) is 4.40. The third-order valence-corrected chi connectivity index (χ3v) is 3.44. The molecule has 1 N–H and O–H groups in total. The molecule has 2 rings (SSSR count). The zero-order valence-electron chi connectivity index (χ0n) is 9.73. The maximum absolute atomic E-state index is 11.9. The lowest BCUT2D eigenvalue weighted by atomic mass is 9.94. The summed E-state index contributed by atoms with van der Waals surface area (Å²) >= 11 is 5.47. The van der Waals surface area contributed by atoms with Crippen molar-refractivity contribution in [1.29, 1.82) is 0 Å². The molecule has 0 aromatic heterocycles. The van der Waals surface area contributed by atoms with Crippen molar-refractivity contribution in [3.63, 3.8) is 0 Å². The highest BCUT2D eigenvalue weighted by Crippen LogP contribution is 2.27. The molecule has 0 aliphatic heterocycles. The molecule has 2 amide bonds. The van der Waals surface area contributed by atoms with Gasteiger partial charge in [-0.15, -0.1) is 0 Å². The first-order valence-corrected chi connectivity index (χ1v) is 6.45. The molecule has 1 aromatic rings. The number of para-hydroxylation sites is 1. The van der Waals surface area contributed by atoms with Crippen LogP contribution in [0.25, 0.3) is 0 Å². The first-order valence-electron chi connectivity index (χ1n) is 6.08. The van der Waals surface area contributed by atoms with E-state index in [-0.39, 0.29) is 12.1 Å². The van der Waals surface area contributed by atoms with E-state index in [0.717, 1.165) is 18.5 Å². The predicted octanol–water partition coefficient (Wildman–Crippen LogP) is 3.69. The lowest BCUT2D eigenvalue weighted by molar-refractivity contribution is 0.246. The zero-order chi connectivity index (χ0) is 12.1. The summed E-state index contributed by atoms with van der Waals surface area (Å²) in [5.74, 6) is 0. The number of carbonyl (C=O) groups excluding carboxylic acids is 1. The lowest BCUT2D eigenvalue weighted by Gasteiger charge is -2.33. The van der Waals surface area contributed by atoms with Gasteiger partial charge < -0.3 is 0 Å². The number of nitrogens with one attached hydrogen (secondary N) is 1. The molecule has 0 radical (unpaired) electrons. The minimum absolute atomic E-state index is 0.232. The fourth-order valence-corrected chi connectivity index (χ4v) is 2.56. The number of hydrogen-bond donors (Lipinski definition) is 1. The Morgan fingerprint density at radius 2 is 1.82 bits per heavy atom. The van der Waals surface area contributed by atoms with Gasteiger partial charge in [-0.3, -0.25) is 4.90 Å². The quantitative estimate of drug-likeness (QED) is 0.800. The Morgan fingerprint density at radius 1 is 1.18 bits per heavy atom. The third kappa shape index (κ3) is 2.91. The van der Waals surface area contributed by atoms with E-state index >= 15 is 0 Å². The number of benzene rings is 1. The lowest BCUT2D eigenvalue weighted by Crippen LogP contribution is -2.44. The number of rotatable bonds is 2. The summed E-state index contributed by atoms with van der Waals surface area (Å²) in [7, 11) is 0. The summed E-state index contributed by atoms with van der Waals surface area (Å²) in [6.45, 7) is 0. The number of amides is 2. The van der Waals surface area contributed by atoms with Gasteiger partial charge in [-0.1, -0.05) is 37.5 Å². The van der Waals surface area contributed by atoms with Crippen LogP contribution in [0.2, 0.25) is 0 Å². The average molecular weight is 253 g/mol. The van der Waals surface area contributed by atoms with E-state index in [1.165, 1.54) is 19.3 Å². The molecule has 1 saturated carbocycles. The summed E-state index contributed by atoms with van der Waals surface area (Å²) < 4.78 is 0. The molecule has 17 heavy (non-hydrogen) atoms. The van der Waals surface area contributed by atoms with Crippen LogP contribution in [0, 0.1) is 0 Å². The highest BCUT2D eigenvalue weighted by Gasteiger charge is 2.26. The van der Waals surface area contributed by atoms with Gasteiger partial charge >= 0.3 is 6.03 Å². The topological polar surface area (TPSA) is 32.3 Å². The van der Waals surface area contributed by atoms with E-state index in [9.17, 15) is 4.79 Å². The Hall–Kier alpha value is -1.22. The van der Waals surface area contributed by atoms with Crippen LogP contribution in [0.4, 0.5) is 10.5 Å². The van der Waals surface area contributed by atoms with E-state index in [1.54, 1.807) is 4.90 Å². The molecule has 4 heteroatoms. The third-order valence-electron chi connectivity index (χ3n) is 3.27. The molecule has 0 unspecified atom stereocenters. The van der Waals surface area contributed by atoms with Crippen LogP contribution in [0.3, 0.4) is 0 Å². The minimum atomic E-state index is -0.232. The van der Waals surface area contributed by atoms with E-state index in [0.29, 0.717) is 0 Å². The molecule has 1 fully saturated rings. The molecule has 0 bridgehead atoms. The highest BCUT2D eigenvalue weighted by atomic mass is 35.5. The Bertz CT molecular complexity index is 363. The molecule has 0 atom stereocenters. The fourth-order valence-electron chi connectivity index (χ4n) is 2.47. The van der Waals surface area contributed by atoms with Crippen LogP contribution in [0.5, 0.6) is 0 Å². The summed E-state index contributed by atoms with van der Waals surface area (Å²) in [6, 6.07) is 9.75. The largest absolute Gasteiger partial charge is 0.336 e. The van der Waals surface area contributed by atoms with Crippen molar-refractivity contribution in [1.82, 2.24) is 4.84 Å². The Labute approximate surface area is 107 Å². The number of urea groups is 1. The number of carbonyl (C=O) groups is 1. The van der Waals surface area contributed by atoms with Crippen molar-refractivity contribution < 1.29 is 4.79 Å². The molecule has 92 valence electrons. The Kier molecular flexibility index (Phi) is 4.26. The first kappa shape index (κ1) is 12.2. The number of anilines is 1. The van der Waals surface area contributed by atoms with E-state index in [4.69, 9.17) is 11.8 Å². The van der Waals surface area contributed by atoms with E-state index < -0.39 is 0 Å². The van der Waals surface area contributed by atoms with Gasteiger partial charge in [0.05, 0.1) is 0 Å². The highest BCUT2D eigenvalue weighted by molar-refractivity contribution is 6.23. The minimum Gasteiger partial charge on any atom is -0.290 e. The molecule has 1 aliphatic rings. The van der Waals surface area contributed by atoms with Crippen molar-refractivity contribution >= 4 is 23.5 Å². The number of nitrogens with zero attached hydrogens (tertiary/aromatic N) is 1. The van der Waals surface area contributed by atoms with Crippen LogP contribution >= 0.6 is 11.8 Å². The SMILES string of the molecule is O=C(NCl)N(c1ccccc1)C1CCCCC1. The normalized spacial score (nSPS) is 16.5. The summed E-state index contributed by atoms with van der Waals surface area (Å²) in [4.78, 5) is 15.9. The second-order valence-corrected chi connectivity index (χ2v) is 4.59. The van der Waals surface area contributed by atoms with Crippen molar-refractivity contribution in [3.05, 3.63) is 30.3 Å². The first-order chi connectivity index (χ1) is 8.33. The van der Waals surface area contributed by atoms with Crippen LogP contribution in [0.15, 0.2) is 30.3 Å². The van der Waals surface area contributed by atoms with Gasteiger partial charge in [-0.2, -0.15) is 0 Å². The van der Waals surface area contributed by atoms with Gasteiger partial charge in [0.1, 0.15) is 0 Å². The van der Waals surface area contributed by atoms with Crippen LogP contribution in [-0.4, -0.2) is 12.1 Å². The molecular formula is C13H17ClN2O. The van der Waals surface area contributed by atoms with Crippen molar-refractivity contribution in [2.45, 2.75) is 38.1 Å². The second kappa shape index (κ2) is 5.92. The molecule has 0 saturated heterocycles. The molecular weight excluding hydrogens is 236 g/mol. The smallest absolute Gasteiger partial charge is 0.290 e. The maximum Gasteiger partial charge on any atom is 0.336 e. The van der Waals surface area contributed by atoms with Gasteiger partial charge in [0.2, 0.25) is 0 Å². The summed E-state index contributed by atoms with van der Waals surface area (Å²) in [6.07, 6.45) is 5.74. The number of hydrogen-bond acceptors (Lipinski definition) is 1. The van der Waals surface area contributed by atoms with Crippen molar-refractivity contribution in [2.75, 3.05) is 4.90 Å². The van der Waals surface area contributed by atoms with Crippen molar-refractivity contribution in [3.8, 4) is 0 Å². The van der Waals surface area contributed by atoms with Gasteiger partial charge in [-0.25, -0.2) is 9.63 Å². The fraction of sp³-hybridized carbons (Fsp3) is 0.462. The molecule has 1 aromatic carbocycles. The van der Waals surface area contributed by atoms with Crippen molar-refractivity contribution in [2.24, 2.45) is 0 Å². The molecule has 0 heterocycles. The van der Waals surface area contributed by atoms with Gasteiger partial charge in [0.25, 0.3) is 0 Å². The number of halogens is 1. The van der Waals surface area contributed by atoms with Crippen LogP contribution in [0.1, 0.15) is 32.1 Å². The average Bonchev–Trinajstić information content (AvgIpc) is 2.41. The Morgan fingerprint density at radius 3 is 2.41 bits per heavy atom. The van der Waals surface area contributed by atoms with E-state index in [2.05, 4.69) is 4.84 Å². The zero-order valence-corrected chi connectivity index (χ0v) is 10.5. The monoisotopic (exact) mass is 252 g/mol. The molecule has 0 spiro atoms.